The van der Waals surface area contributed by atoms with Crippen LogP contribution in [0, 0.1) is 17.8 Å². The Balaban J connectivity index is 1.89. The van der Waals surface area contributed by atoms with Gasteiger partial charge in [-0.15, -0.1) is 0 Å². The van der Waals surface area contributed by atoms with Gasteiger partial charge in [-0.2, -0.15) is 0 Å². The monoisotopic (exact) mass is 432 g/mol. The molecule has 2 fully saturated rings. The lowest BCUT2D eigenvalue weighted by molar-refractivity contribution is -0.157. The zero-order chi connectivity index (χ0) is 22.5. The molecule has 31 heavy (non-hydrogen) atoms. The number of cyclic esters (lactones) is 1. The summed E-state index contributed by atoms with van der Waals surface area (Å²) in [7, 11) is 0. The van der Waals surface area contributed by atoms with Gasteiger partial charge in [0, 0.05) is 12.6 Å². The summed E-state index contributed by atoms with van der Waals surface area (Å²) in [5, 5.41) is 10.1. The molecule has 8 heteroatoms. The fourth-order valence-electron chi connectivity index (χ4n) is 5.51. The van der Waals surface area contributed by atoms with Crippen LogP contribution in [0.3, 0.4) is 0 Å². The zero-order valence-electron chi connectivity index (χ0n) is 18.6. The van der Waals surface area contributed by atoms with Crippen molar-refractivity contribution in [3.63, 3.8) is 0 Å². The smallest absolute Gasteiger partial charge is 0.312 e. The standard InChI is InChI=1S/C23H32N2O6/c1-13(2)15(12-26)25-19-21(28)24(14(3)4)10-7-9-23(19)18(20(25)27)17-16(31-23)8-5-6-11-30-22(17)29/h5,7-9,13-19,26H,6,10-12H2,1-4H3/t15-,16-,17+,18-,19?,23-/m0/s1. The molecule has 2 amide bonds. The fourth-order valence-corrected chi connectivity index (χ4v) is 5.51. The summed E-state index contributed by atoms with van der Waals surface area (Å²) in [4.78, 5) is 43.9. The predicted molar refractivity (Wildman–Crippen MR) is 112 cm³/mol. The second-order valence-electron chi connectivity index (χ2n) is 9.45. The van der Waals surface area contributed by atoms with Gasteiger partial charge < -0.3 is 24.4 Å². The number of amides is 2. The van der Waals surface area contributed by atoms with Crippen molar-refractivity contribution in [2.45, 2.75) is 63.9 Å². The molecular formula is C23H32N2O6. The summed E-state index contributed by atoms with van der Waals surface area (Å²) in [6, 6.07) is -1.58. The van der Waals surface area contributed by atoms with Crippen LogP contribution in [-0.2, 0) is 23.9 Å². The maximum absolute atomic E-state index is 13.9. The predicted octanol–water partition coefficient (Wildman–Crippen LogP) is 0.894. The van der Waals surface area contributed by atoms with Gasteiger partial charge in [-0.25, -0.2) is 0 Å². The van der Waals surface area contributed by atoms with Crippen molar-refractivity contribution in [3.05, 3.63) is 24.3 Å². The molecule has 170 valence electrons. The van der Waals surface area contributed by atoms with Crippen molar-refractivity contribution in [2.24, 2.45) is 17.8 Å². The third kappa shape index (κ3) is 3.22. The Labute approximate surface area is 182 Å². The lowest BCUT2D eigenvalue weighted by atomic mass is 9.77. The van der Waals surface area contributed by atoms with Crippen LogP contribution in [0.4, 0.5) is 0 Å². The van der Waals surface area contributed by atoms with Crippen LogP contribution in [0.5, 0.6) is 0 Å². The number of nitrogens with zero attached hydrogens (tertiary/aromatic N) is 2. The summed E-state index contributed by atoms with van der Waals surface area (Å²) in [5.41, 5.74) is -1.27. The van der Waals surface area contributed by atoms with E-state index < -0.39 is 41.6 Å². The normalized spacial score (nSPS) is 36.2. The molecule has 1 unspecified atom stereocenters. The number of carbonyl (C=O) groups excluding carboxylic acids is 3. The number of hydrogen-bond donors (Lipinski definition) is 1. The first-order chi connectivity index (χ1) is 14.7. The first-order valence-electron chi connectivity index (χ1n) is 11.2. The molecule has 0 aromatic rings. The molecule has 4 aliphatic heterocycles. The van der Waals surface area contributed by atoms with Crippen LogP contribution in [0.15, 0.2) is 24.3 Å². The second-order valence-corrected chi connectivity index (χ2v) is 9.45. The molecule has 0 bridgehead atoms. The highest BCUT2D eigenvalue weighted by molar-refractivity contribution is 5.99. The van der Waals surface area contributed by atoms with Crippen molar-refractivity contribution >= 4 is 17.8 Å². The van der Waals surface area contributed by atoms with Crippen molar-refractivity contribution in [3.8, 4) is 0 Å². The highest BCUT2D eigenvalue weighted by atomic mass is 16.6. The molecule has 0 radical (unpaired) electrons. The largest absolute Gasteiger partial charge is 0.465 e. The highest BCUT2D eigenvalue weighted by Crippen LogP contribution is 2.54. The van der Waals surface area contributed by atoms with E-state index in [1.807, 2.05) is 45.9 Å². The lowest BCUT2D eigenvalue weighted by Gasteiger charge is -2.40. The maximum Gasteiger partial charge on any atom is 0.312 e. The quantitative estimate of drug-likeness (QED) is 0.524. The van der Waals surface area contributed by atoms with Crippen LogP contribution < -0.4 is 0 Å². The molecular weight excluding hydrogens is 400 g/mol. The third-order valence-corrected chi connectivity index (χ3v) is 7.03. The maximum atomic E-state index is 13.9. The van der Waals surface area contributed by atoms with E-state index in [4.69, 9.17) is 9.47 Å². The Morgan fingerprint density at radius 2 is 1.90 bits per heavy atom. The van der Waals surface area contributed by atoms with E-state index in [-0.39, 0.29) is 37.0 Å². The number of esters is 1. The molecule has 6 atom stereocenters. The van der Waals surface area contributed by atoms with Crippen molar-refractivity contribution < 1.29 is 29.0 Å². The number of ether oxygens (including phenoxy) is 2. The Bertz CT molecular complexity index is 821. The second kappa shape index (κ2) is 8.06. The molecule has 1 spiro atoms. The average Bonchev–Trinajstić information content (AvgIpc) is 3.06. The van der Waals surface area contributed by atoms with Crippen LogP contribution >= 0.6 is 0 Å². The molecule has 0 aliphatic carbocycles. The van der Waals surface area contributed by atoms with Gasteiger partial charge in [0.25, 0.3) is 0 Å². The van der Waals surface area contributed by atoms with Gasteiger partial charge in [-0.05, 0) is 26.2 Å². The number of aliphatic hydroxyl groups is 1. The number of rotatable bonds is 4. The first-order valence-corrected chi connectivity index (χ1v) is 11.2. The Kier molecular flexibility index (Phi) is 5.72. The SMILES string of the molecule is CC(C)[C@H](CO)N1C(=O)[C@@H]2[C@@H]3C(=O)OCCC=C[C@@H]3O[C@@]23C=CCN(C(C)C)C(=O)C13. The molecule has 4 rings (SSSR count). The Morgan fingerprint density at radius 3 is 2.55 bits per heavy atom. The van der Waals surface area contributed by atoms with Crippen molar-refractivity contribution in [1.29, 1.82) is 0 Å². The highest BCUT2D eigenvalue weighted by Gasteiger charge is 2.72. The third-order valence-electron chi connectivity index (χ3n) is 7.03. The van der Waals surface area contributed by atoms with Gasteiger partial charge in [-0.3, -0.25) is 14.4 Å². The number of aliphatic hydroxyl groups excluding tert-OH is 1. The number of hydrogen-bond acceptors (Lipinski definition) is 6. The average molecular weight is 433 g/mol. The van der Waals surface area contributed by atoms with Crippen LogP contribution in [0.25, 0.3) is 0 Å². The molecule has 4 heterocycles. The number of fused-ring (bicyclic) bond motifs is 2. The van der Waals surface area contributed by atoms with E-state index in [1.54, 1.807) is 11.0 Å². The van der Waals surface area contributed by atoms with Crippen LogP contribution in [-0.4, -0.2) is 82.3 Å². The van der Waals surface area contributed by atoms with Gasteiger partial charge in [-0.1, -0.05) is 38.2 Å². The molecule has 0 saturated carbocycles. The zero-order valence-corrected chi connectivity index (χ0v) is 18.6. The molecule has 0 aromatic carbocycles. The van der Waals surface area contributed by atoms with Gasteiger partial charge in [0.05, 0.1) is 31.3 Å². The van der Waals surface area contributed by atoms with E-state index in [0.717, 1.165) is 0 Å². The van der Waals surface area contributed by atoms with Crippen molar-refractivity contribution in [2.75, 3.05) is 19.8 Å². The molecule has 1 N–H and O–H groups in total. The summed E-state index contributed by atoms with van der Waals surface area (Å²) in [6.45, 7) is 8.04. The topological polar surface area (TPSA) is 96.4 Å². The van der Waals surface area contributed by atoms with Gasteiger partial charge in [0.1, 0.15) is 17.6 Å². The molecule has 0 aromatic heterocycles. The van der Waals surface area contributed by atoms with E-state index in [0.29, 0.717) is 13.0 Å². The van der Waals surface area contributed by atoms with Gasteiger partial charge >= 0.3 is 5.97 Å². The minimum atomic E-state index is -1.27. The fraction of sp³-hybridized carbons (Fsp3) is 0.696. The minimum Gasteiger partial charge on any atom is -0.465 e. The molecule has 4 aliphatic rings. The van der Waals surface area contributed by atoms with E-state index >= 15 is 0 Å². The summed E-state index contributed by atoms with van der Waals surface area (Å²) in [6.07, 6.45) is 7.32. The van der Waals surface area contributed by atoms with E-state index in [1.165, 1.54) is 4.90 Å². The number of likely N-dealkylation sites (tertiary alicyclic amines) is 1. The van der Waals surface area contributed by atoms with Crippen LogP contribution in [0.1, 0.15) is 34.1 Å². The number of carbonyl (C=O) groups is 3. The van der Waals surface area contributed by atoms with Crippen LogP contribution in [0.2, 0.25) is 0 Å². The first kappa shape index (κ1) is 22.0. The van der Waals surface area contributed by atoms with Crippen molar-refractivity contribution in [1.82, 2.24) is 9.80 Å². The molecule has 2 saturated heterocycles. The van der Waals surface area contributed by atoms with E-state index in [2.05, 4.69) is 0 Å². The summed E-state index contributed by atoms with van der Waals surface area (Å²) in [5.74, 6) is -2.82. The minimum absolute atomic E-state index is 0.0742. The van der Waals surface area contributed by atoms with E-state index in [9.17, 15) is 19.5 Å². The lowest BCUT2D eigenvalue weighted by Crippen LogP contribution is -2.59. The Morgan fingerprint density at radius 1 is 1.16 bits per heavy atom. The Hall–Kier alpha value is -2.19. The summed E-state index contributed by atoms with van der Waals surface area (Å²) < 4.78 is 11.9. The van der Waals surface area contributed by atoms with Gasteiger partial charge in [0.15, 0.2) is 0 Å². The molecule has 8 nitrogen and oxygen atoms in total. The summed E-state index contributed by atoms with van der Waals surface area (Å²) >= 11 is 0. The van der Waals surface area contributed by atoms with Gasteiger partial charge in [0.2, 0.25) is 11.8 Å².